The molecule has 0 unspecified atom stereocenters. The van der Waals surface area contributed by atoms with Gasteiger partial charge >= 0.3 is 11.3 Å². The van der Waals surface area contributed by atoms with E-state index in [0.717, 1.165) is 0 Å². The summed E-state index contributed by atoms with van der Waals surface area (Å²) in [7, 11) is 0. The van der Waals surface area contributed by atoms with Crippen LogP contribution in [0, 0.1) is 16.5 Å². The minimum absolute atomic E-state index is 0.201. The maximum Gasteiger partial charge on any atom is 0.360 e. The minimum Gasteiger partial charge on any atom is -0.617 e. The number of hydrogen-bond acceptors (Lipinski definition) is 4. The first-order chi connectivity index (χ1) is 8.17. The summed E-state index contributed by atoms with van der Waals surface area (Å²) >= 11 is 0. The zero-order chi connectivity index (χ0) is 12.4. The topological polar surface area (TPSA) is 92.8 Å². The number of hydrogen-bond donors (Lipinski definition) is 1. The van der Waals surface area contributed by atoms with Gasteiger partial charge in [-0.05, 0) is 19.1 Å². The second-order valence-corrected chi connectivity index (χ2v) is 3.32. The summed E-state index contributed by atoms with van der Waals surface area (Å²) in [4.78, 5) is 13.8. The third-order valence-electron chi connectivity index (χ3n) is 2.27. The first-order valence-corrected chi connectivity index (χ1v) is 5.00. The van der Waals surface area contributed by atoms with Crippen LogP contribution in [0.4, 0.5) is 0 Å². The molecule has 1 aromatic carbocycles. The molecule has 0 aliphatic heterocycles. The lowest BCUT2D eigenvalue weighted by molar-refractivity contribution is -0.581. The van der Waals surface area contributed by atoms with Crippen molar-refractivity contribution in [1.82, 2.24) is 4.98 Å². The molecule has 0 saturated carbocycles. The monoisotopic (exact) mass is 231 g/mol. The smallest absolute Gasteiger partial charge is 0.360 e. The van der Waals surface area contributed by atoms with Gasteiger partial charge in [-0.3, -0.25) is 4.79 Å². The Bertz CT molecular complexity index is 670. The molecule has 1 aromatic heterocycles. The van der Waals surface area contributed by atoms with Gasteiger partial charge in [0.1, 0.15) is 11.3 Å². The van der Waals surface area contributed by atoms with E-state index in [1.807, 2.05) is 6.92 Å². The average Bonchev–Trinajstić information content (AvgIpc) is 2.31. The molecule has 0 aliphatic carbocycles. The third-order valence-corrected chi connectivity index (χ3v) is 2.27. The summed E-state index contributed by atoms with van der Waals surface area (Å²) in [5.74, 6) is 0.514. The quantitative estimate of drug-likeness (QED) is 0.599. The fourth-order valence-corrected chi connectivity index (χ4v) is 1.53. The SMILES string of the molecule is CCOc1ccc2[nH]c(=O)c(C#N)[n+]([O-])c2c1. The number of nitrogens with zero attached hydrogens (tertiary/aromatic N) is 2. The molecule has 0 atom stereocenters. The number of H-pyrrole nitrogens is 1. The van der Waals surface area contributed by atoms with E-state index >= 15 is 0 Å². The van der Waals surface area contributed by atoms with Crippen molar-refractivity contribution in [3.05, 3.63) is 39.5 Å². The number of fused-ring (bicyclic) bond motifs is 1. The third kappa shape index (κ3) is 1.78. The van der Waals surface area contributed by atoms with Crippen molar-refractivity contribution in [2.24, 2.45) is 0 Å². The van der Waals surface area contributed by atoms with Crippen LogP contribution >= 0.6 is 0 Å². The van der Waals surface area contributed by atoms with Gasteiger partial charge in [-0.1, -0.05) is 0 Å². The number of ether oxygens (including phenoxy) is 1. The Morgan fingerprint density at radius 3 is 3.00 bits per heavy atom. The Morgan fingerprint density at radius 2 is 2.35 bits per heavy atom. The maximum absolute atomic E-state index is 11.8. The molecule has 1 N–H and O–H groups in total. The van der Waals surface area contributed by atoms with Crippen LogP contribution in [-0.2, 0) is 0 Å². The maximum atomic E-state index is 11.8. The van der Waals surface area contributed by atoms with Crippen LogP contribution in [0.15, 0.2) is 23.0 Å². The average molecular weight is 231 g/mol. The highest BCUT2D eigenvalue weighted by molar-refractivity contribution is 5.72. The number of aromatic amines is 1. The summed E-state index contributed by atoms with van der Waals surface area (Å²) in [5, 5.41) is 20.5. The predicted molar refractivity (Wildman–Crippen MR) is 59.4 cm³/mol. The highest BCUT2D eigenvalue weighted by Crippen LogP contribution is 2.15. The van der Waals surface area contributed by atoms with Gasteiger partial charge in [0.15, 0.2) is 6.07 Å². The van der Waals surface area contributed by atoms with E-state index in [0.29, 0.717) is 22.6 Å². The van der Waals surface area contributed by atoms with Crippen molar-refractivity contribution >= 4 is 11.0 Å². The molecule has 86 valence electrons. The minimum atomic E-state index is -0.695. The molecule has 2 rings (SSSR count). The van der Waals surface area contributed by atoms with E-state index in [9.17, 15) is 10.0 Å². The summed E-state index contributed by atoms with van der Waals surface area (Å²) in [5.41, 5.74) is -0.607. The molecule has 6 heteroatoms. The number of nitriles is 1. The summed E-state index contributed by atoms with van der Waals surface area (Å²) < 4.78 is 5.56. The van der Waals surface area contributed by atoms with Crippen molar-refractivity contribution in [3.63, 3.8) is 0 Å². The van der Waals surface area contributed by atoms with E-state index in [1.54, 1.807) is 18.2 Å². The van der Waals surface area contributed by atoms with Gasteiger partial charge < -0.3 is 14.9 Å². The first kappa shape index (κ1) is 11.0. The fraction of sp³-hybridized carbons (Fsp3) is 0.182. The van der Waals surface area contributed by atoms with Crippen molar-refractivity contribution in [2.45, 2.75) is 6.92 Å². The molecule has 0 bridgehead atoms. The van der Waals surface area contributed by atoms with Gasteiger partial charge in [0, 0.05) is 0 Å². The zero-order valence-electron chi connectivity index (χ0n) is 9.06. The van der Waals surface area contributed by atoms with Crippen LogP contribution in [0.25, 0.3) is 11.0 Å². The fourth-order valence-electron chi connectivity index (χ4n) is 1.53. The lowest BCUT2D eigenvalue weighted by Crippen LogP contribution is -2.39. The summed E-state index contributed by atoms with van der Waals surface area (Å²) in [6, 6.07) is 6.28. The molecule has 0 aliphatic rings. The number of rotatable bonds is 2. The predicted octanol–water partition coefficient (Wildman–Crippen LogP) is 0.432. The van der Waals surface area contributed by atoms with E-state index in [-0.39, 0.29) is 5.52 Å². The molecule has 1 heterocycles. The van der Waals surface area contributed by atoms with E-state index in [1.165, 1.54) is 6.07 Å². The number of aromatic nitrogens is 2. The van der Waals surface area contributed by atoms with Crippen LogP contribution in [0.3, 0.4) is 0 Å². The Morgan fingerprint density at radius 1 is 1.59 bits per heavy atom. The van der Waals surface area contributed by atoms with Crippen LogP contribution in [0.1, 0.15) is 12.6 Å². The van der Waals surface area contributed by atoms with Crippen LogP contribution in [0.5, 0.6) is 5.75 Å². The Labute approximate surface area is 96.3 Å². The standard InChI is InChI=1S/C11H9N3O3/c1-2-17-7-3-4-8-9(5-7)14(16)10(6-12)11(15)13-8/h3-5H,2H2,1H3,(H,13,15). The number of nitrogens with one attached hydrogen (secondary N) is 1. The highest BCUT2D eigenvalue weighted by atomic mass is 16.5. The van der Waals surface area contributed by atoms with Gasteiger partial charge in [-0.25, -0.2) is 0 Å². The van der Waals surface area contributed by atoms with Crippen LogP contribution < -0.4 is 15.0 Å². The Kier molecular flexibility index (Phi) is 2.66. The van der Waals surface area contributed by atoms with E-state index in [2.05, 4.69) is 4.98 Å². The van der Waals surface area contributed by atoms with E-state index < -0.39 is 11.3 Å². The summed E-state index contributed by atoms with van der Waals surface area (Å²) in [6.45, 7) is 2.29. The molecule has 0 saturated heterocycles. The highest BCUT2D eigenvalue weighted by Gasteiger charge is 2.16. The molecule has 6 nitrogen and oxygen atoms in total. The normalized spacial score (nSPS) is 10.1. The molecule has 0 spiro atoms. The van der Waals surface area contributed by atoms with Crippen molar-refractivity contribution < 1.29 is 9.47 Å². The van der Waals surface area contributed by atoms with Gasteiger partial charge in [0.2, 0.25) is 5.52 Å². The molecular weight excluding hydrogens is 222 g/mol. The van der Waals surface area contributed by atoms with Crippen LogP contribution in [0.2, 0.25) is 0 Å². The Balaban J connectivity index is 2.77. The van der Waals surface area contributed by atoms with Crippen molar-refractivity contribution in [3.8, 4) is 11.8 Å². The second-order valence-electron chi connectivity index (χ2n) is 3.32. The summed E-state index contributed by atoms with van der Waals surface area (Å²) in [6.07, 6.45) is 0. The first-order valence-electron chi connectivity index (χ1n) is 5.00. The lowest BCUT2D eigenvalue weighted by Gasteiger charge is -2.05. The molecule has 17 heavy (non-hydrogen) atoms. The molecular formula is C11H9N3O3. The van der Waals surface area contributed by atoms with Crippen molar-refractivity contribution in [1.29, 1.82) is 5.26 Å². The van der Waals surface area contributed by atoms with E-state index in [4.69, 9.17) is 10.00 Å². The largest absolute Gasteiger partial charge is 0.617 e. The molecule has 0 fully saturated rings. The van der Waals surface area contributed by atoms with Gasteiger partial charge in [0.25, 0.3) is 0 Å². The number of benzene rings is 1. The van der Waals surface area contributed by atoms with Gasteiger partial charge in [0.05, 0.1) is 12.7 Å². The molecule has 2 aromatic rings. The Hall–Kier alpha value is -2.55. The molecule has 0 amide bonds. The second kappa shape index (κ2) is 4.14. The van der Waals surface area contributed by atoms with Gasteiger partial charge in [-0.2, -0.15) is 5.26 Å². The van der Waals surface area contributed by atoms with Crippen molar-refractivity contribution in [2.75, 3.05) is 6.61 Å². The molecule has 0 radical (unpaired) electrons. The van der Waals surface area contributed by atoms with Gasteiger partial charge in [-0.15, -0.1) is 4.73 Å². The van der Waals surface area contributed by atoms with Crippen LogP contribution in [-0.4, -0.2) is 11.6 Å². The zero-order valence-corrected chi connectivity index (χ0v) is 9.06. The lowest BCUT2D eigenvalue weighted by atomic mass is 10.2.